The van der Waals surface area contributed by atoms with Crippen molar-refractivity contribution in [2.75, 3.05) is 39.3 Å². The summed E-state index contributed by atoms with van der Waals surface area (Å²) in [6, 6.07) is 10.4. The van der Waals surface area contributed by atoms with Crippen LogP contribution in [0.3, 0.4) is 0 Å². The van der Waals surface area contributed by atoms with Crippen LogP contribution in [-0.4, -0.2) is 75.8 Å². The lowest BCUT2D eigenvalue weighted by molar-refractivity contribution is -0.133. The topological polar surface area (TPSA) is 69.6 Å². The number of hydrogen-bond acceptors (Lipinski definition) is 5. The molecule has 1 aromatic heterocycles. The summed E-state index contributed by atoms with van der Waals surface area (Å²) in [6.45, 7) is 9.00. The lowest BCUT2D eigenvalue weighted by atomic mass is 10.2. The number of benzene rings is 1. The number of carbonyl (C=O) groups is 2. The van der Waals surface area contributed by atoms with Crippen molar-refractivity contribution >= 4 is 11.8 Å². The zero-order valence-electron chi connectivity index (χ0n) is 18.0. The monoisotopic (exact) mass is 409 g/mol. The van der Waals surface area contributed by atoms with Crippen molar-refractivity contribution in [3.05, 3.63) is 59.7 Å². The van der Waals surface area contributed by atoms with Crippen LogP contribution in [0.5, 0.6) is 0 Å². The summed E-state index contributed by atoms with van der Waals surface area (Å²) in [4.78, 5) is 39.8. The number of rotatable bonds is 8. The van der Waals surface area contributed by atoms with Crippen LogP contribution in [0.15, 0.2) is 42.7 Å². The Bertz CT molecular complexity index is 817. The van der Waals surface area contributed by atoms with Crippen molar-refractivity contribution < 1.29 is 9.59 Å². The summed E-state index contributed by atoms with van der Waals surface area (Å²) in [5.41, 5.74) is 2.40. The minimum absolute atomic E-state index is 0.109. The minimum Gasteiger partial charge on any atom is -0.340 e. The molecule has 1 aromatic carbocycles. The Morgan fingerprint density at radius 2 is 1.73 bits per heavy atom. The van der Waals surface area contributed by atoms with E-state index >= 15 is 0 Å². The molecule has 2 aromatic rings. The van der Waals surface area contributed by atoms with E-state index in [1.165, 1.54) is 11.8 Å². The molecule has 0 bridgehead atoms. The molecule has 0 N–H and O–H groups in total. The third-order valence-electron chi connectivity index (χ3n) is 5.35. The van der Waals surface area contributed by atoms with E-state index in [1.807, 2.05) is 24.8 Å². The molecule has 0 radical (unpaired) electrons. The molecule has 1 fully saturated rings. The molecule has 3 rings (SSSR count). The number of nitrogens with zero attached hydrogens (tertiary/aromatic N) is 5. The molecular weight excluding hydrogens is 378 g/mol. The summed E-state index contributed by atoms with van der Waals surface area (Å²) in [5.74, 6) is -0.0527. The van der Waals surface area contributed by atoms with Gasteiger partial charge >= 0.3 is 0 Å². The van der Waals surface area contributed by atoms with Gasteiger partial charge in [0.2, 0.25) is 5.91 Å². The maximum Gasteiger partial charge on any atom is 0.274 e. The van der Waals surface area contributed by atoms with Crippen LogP contribution in [0, 0.1) is 6.92 Å². The Balaban J connectivity index is 1.47. The van der Waals surface area contributed by atoms with Gasteiger partial charge in [0.15, 0.2) is 0 Å². The van der Waals surface area contributed by atoms with Crippen molar-refractivity contribution in [2.45, 2.75) is 33.2 Å². The first-order valence-corrected chi connectivity index (χ1v) is 10.7. The number of hydrogen-bond donors (Lipinski definition) is 0. The van der Waals surface area contributed by atoms with Gasteiger partial charge in [0.1, 0.15) is 5.69 Å². The van der Waals surface area contributed by atoms with Crippen molar-refractivity contribution in [3.8, 4) is 0 Å². The summed E-state index contributed by atoms with van der Waals surface area (Å²) in [5, 5.41) is 0. The zero-order valence-corrected chi connectivity index (χ0v) is 18.0. The molecule has 1 saturated heterocycles. The third-order valence-corrected chi connectivity index (χ3v) is 5.35. The average molecular weight is 410 g/mol. The molecule has 0 aliphatic carbocycles. The van der Waals surface area contributed by atoms with Gasteiger partial charge in [0.25, 0.3) is 5.91 Å². The van der Waals surface area contributed by atoms with Crippen LogP contribution in [-0.2, 0) is 11.3 Å². The van der Waals surface area contributed by atoms with E-state index in [1.54, 1.807) is 11.1 Å². The number of aromatic nitrogens is 2. The van der Waals surface area contributed by atoms with Gasteiger partial charge in [-0.15, -0.1) is 0 Å². The number of amides is 2. The Kier molecular flexibility index (Phi) is 7.90. The van der Waals surface area contributed by atoms with E-state index in [0.29, 0.717) is 25.2 Å². The van der Waals surface area contributed by atoms with Crippen LogP contribution in [0.25, 0.3) is 0 Å². The Morgan fingerprint density at radius 3 is 2.37 bits per heavy atom. The molecule has 7 nitrogen and oxygen atoms in total. The van der Waals surface area contributed by atoms with Crippen LogP contribution < -0.4 is 0 Å². The SMILES string of the molecule is CCCN(CCC(=O)N1CCN(Cc2ccccc2)CC1)C(=O)c1cnc(C)cn1. The third kappa shape index (κ3) is 6.10. The van der Waals surface area contributed by atoms with Gasteiger partial charge in [-0.25, -0.2) is 4.98 Å². The van der Waals surface area contributed by atoms with Gasteiger partial charge in [-0.1, -0.05) is 37.3 Å². The van der Waals surface area contributed by atoms with E-state index in [9.17, 15) is 9.59 Å². The molecule has 2 heterocycles. The number of aryl methyl sites for hydroxylation is 1. The van der Waals surface area contributed by atoms with Crippen LogP contribution in [0.4, 0.5) is 0 Å². The first-order valence-electron chi connectivity index (χ1n) is 10.7. The second kappa shape index (κ2) is 10.8. The molecule has 1 aliphatic heterocycles. The van der Waals surface area contributed by atoms with Crippen LogP contribution in [0.2, 0.25) is 0 Å². The molecule has 0 atom stereocenters. The predicted octanol–water partition coefficient (Wildman–Crippen LogP) is 2.37. The normalized spacial score (nSPS) is 14.5. The van der Waals surface area contributed by atoms with E-state index in [-0.39, 0.29) is 11.8 Å². The smallest absolute Gasteiger partial charge is 0.274 e. The molecular formula is C23H31N5O2. The lowest BCUT2D eigenvalue weighted by Gasteiger charge is -2.35. The van der Waals surface area contributed by atoms with E-state index in [4.69, 9.17) is 0 Å². The maximum atomic E-state index is 12.7. The number of carbonyl (C=O) groups excluding carboxylic acids is 2. The van der Waals surface area contributed by atoms with E-state index < -0.39 is 0 Å². The first kappa shape index (κ1) is 21.9. The van der Waals surface area contributed by atoms with Gasteiger partial charge in [-0.05, 0) is 18.9 Å². The minimum atomic E-state index is -0.162. The van der Waals surface area contributed by atoms with Crippen LogP contribution in [0.1, 0.15) is 41.5 Å². The van der Waals surface area contributed by atoms with Crippen molar-refractivity contribution in [2.24, 2.45) is 0 Å². The Hall–Kier alpha value is -2.80. The van der Waals surface area contributed by atoms with E-state index in [0.717, 1.165) is 44.8 Å². The fourth-order valence-electron chi connectivity index (χ4n) is 3.64. The summed E-state index contributed by atoms with van der Waals surface area (Å²) in [6.07, 6.45) is 4.27. The molecule has 2 amide bonds. The van der Waals surface area contributed by atoms with Gasteiger partial charge in [0.05, 0.1) is 11.9 Å². The fraction of sp³-hybridized carbons (Fsp3) is 0.478. The van der Waals surface area contributed by atoms with Crippen molar-refractivity contribution in [3.63, 3.8) is 0 Å². The standard InChI is InChI=1S/C23H31N5O2/c1-3-10-28(23(30)21-17-24-19(2)16-25-21)11-9-22(29)27-14-12-26(13-15-27)18-20-7-5-4-6-8-20/h4-8,16-17H,3,9-15,18H2,1-2H3. The highest BCUT2D eigenvalue weighted by atomic mass is 16.2. The molecule has 30 heavy (non-hydrogen) atoms. The summed E-state index contributed by atoms with van der Waals surface area (Å²) < 4.78 is 0. The quantitative estimate of drug-likeness (QED) is 0.670. The average Bonchev–Trinajstić information content (AvgIpc) is 2.77. The zero-order chi connectivity index (χ0) is 21.3. The highest BCUT2D eigenvalue weighted by Gasteiger charge is 2.23. The van der Waals surface area contributed by atoms with Crippen LogP contribution >= 0.6 is 0 Å². The molecule has 0 spiro atoms. The van der Waals surface area contributed by atoms with Crippen molar-refractivity contribution in [1.82, 2.24) is 24.7 Å². The predicted molar refractivity (Wildman–Crippen MR) is 116 cm³/mol. The van der Waals surface area contributed by atoms with Gasteiger partial charge < -0.3 is 9.80 Å². The summed E-state index contributed by atoms with van der Waals surface area (Å²) >= 11 is 0. The molecule has 0 saturated carbocycles. The van der Waals surface area contributed by atoms with Gasteiger partial charge in [-0.3, -0.25) is 19.5 Å². The fourth-order valence-corrected chi connectivity index (χ4v) is 3.64. The highest BCUT2D eigenvalue weighted by molar-refractivity contribution is 5.92. The molecule has 160 valence electrons. The Labute approximate surface area is 178 Å². The second-order valence-corrected chi connectivity index (χ2v) is 7.73. The Morgan fingerprint density at radius 1 is 1.00 bits per heavy atom. The molecule has 0 unspecified atom stereocenters. The van der Waals surface area contributed by atoms with Gasteiger partial charge in [-0.2, -0.15) is 0 Å². The van der Waals surface area contributed by atoms with Crippen molar-refractivity contribution in [1.29, 1.82) is 0 Å². The highest BCUT2D eigenvalue weighted by Crippen LogP contribution is 2.10. The first-order chi connectivity index (χ1) is 14.6. The number of piperazine rings is 1. The maximum absolute atomic E-state index is 12.7. The van der Waals surface area contributed by atoms with Gasteiger partial charge in [0, 0.05) is 58.4 Å². The second-order valence-electron chi connectivity index (χ2n) is 7.73. The lowest BCUT2D eigenvalue weighted by Crippen LogP contribution is -2.49. The summed E-state index contributed by atoms with van der Waals surface area (Å²) in [7, 11) is 0. The largest absolute Gasteiger partial charge is 0.340 e. The van der Waals surface area contributed by atoms with E-state index in [2.05, 4.69) is 39.1 Å². The molecule has 7 heteroatoms. The molecule has 1 aliphatic rings.